The molecule has 1 aliphatic heterocycles. The summed E-state index contributed by atoms with van der Waals surface area (Å²) in [6, 6.07) is 3.47. The van der Waals surface area contributed by atoms with Crippen LogP contribution in [0.25, 0.3) is 0 Å². The monoisotopic (exact) mass is 252 g/mol. The predicted molar refractivity (Wildman–Crippen MR) is 65.9 cm³/mol. The highest BCUT2D eigenvalue weighted by atomic mass is 16.6. The molecule has 1 N–H and O–H groups in total. The van der Waals surface area contributed by atoms with Crippen LogP contribution in [0.15, 0.2) is 12.1 Å². The van der Waals surface area contributed by atoms with Gasteiger partial charge in [-0.15, -0.1) is 0 Å². The first kappa shape index (κ1) is 12.6. The van der Waals surface area contributed by atoms with Gasteiger partial charge in [-0.3, -0.25) is 10.1 Å². The highest BCUT2D eigenvalue weighted by Gasteiger charge is 2.25. The summed E-state index contributed by atoms with van der Waals surface area (Å²) in [5.74, 6) is 1.27. The number of ether oxygens (including phenoxy) is 2. The third-order valence-electron chi connectivity index (χ3n) is 3.14. The van der Waals surface area contributed by atoms with Crippen molar-refractivity contribution >= 4 is 0 Å². The van der Waals surface area contributed by atoms with Gasteiger partial charge in [0.1, 0.15) is 0 Å². The highest BCUT2D eigenvalue weighted by Crippen LogP contribution is 2.35. The van der Waals surface area contributed by atoms with E-state index >= 15 is 0 Å². The van der Waals surface area contributed by atoms with E-state index in [4.69, 9.17) is 9.47 Å². The lowest BCUT2D eigenvalue weighted by Gasteiger charge is -2.25. The lowest BCUT2D eigenvalue weighted by atomic mass is 9.93. The van der Waals surface area contributed by atoms with Crippen LogP contribution >= 0.6 is 0 Å². The molecule has 1 atom stereocenters. The fourth-order valence-electron chi connectivity index (χ4n) is 2.28. The number of methoxy groups -OCH3 is 2. The fraction of sp³-hybridized carbons (Fsp3) is 0.500. The Morgan fingerprint density at radius 2 is 2.06 bits per heavy atom. The maximum Gasteiger partial charge on any atom is 0.223 e. The van der Waals surface area contributed by atoms with Gasteiger partial charge in [-0.05, 0) is 36.2 Å². The zero-order valence-electron chi connectivity index (χ0n) is 10.4. The minimum Gasteiger partial charge on any atom is -0.493 e. The van der Waals surface area contributed by atoms with Crippen molar-refractivity contribution in [2.75, 3.05) is 27.3 Å². The minimum absolute atomic E-state index is 0.123. The maximum absolute atomic E-state index is 10.7. The Hall–Kier alpha value is -1.82. The number of nitro groups is 1. The summed E-state index contributed by atoms with van der Waals surface area (Å²) >= 11 is 0. The average Bonchev–Trinajstić information content (AvgIpc) is 2.37. The molecule has 0 saturated heterocycles. The van der Waals surface area contributed by atoms with E-state index in [-0.39, 0.29) is 17.5 Å². The summed E-state index contributed by atoms with van der Waals surface area (Å²) in [4.78, 5) is 10.4. The van der Waals surface area contributed by atoms with E-state index in [1.54, 1.807) is 14.2 Å². The lowest BCUT2D eigenvalue weighted by Crippen LogP contribution is -2.34. The predicted octanol–water partition coefficient (Wildman–Crippen LogP) is 1.17. The summed E-state index contributed by atoms with van der Waals surface area (Å²) < 4.78 is 10.5. The van der Waals surface area contributed by atoms with Gasteiger partial charge in [0.2, 0.25) is 6.54 Å². The molecule has 0 radical (unpaired) electrons. The third-order valence-corrected chi connectivity index (χ3v) is 3.14. The van der Waals surface area contributed by atoms with E-state index in [1.165, 1.54) is 0 Å². The van der Waals surface area contributed by atoms with E-state index in [9.17, 15) is 10.1 Å². The summed E-state index contributed by atoms with van der Waals surface area (Å²) in [5.41, 5.74) is 2.01. The van der Waals surface area contributed by atoms with Crippen molar-refractivity contribution in [3.8, 4) is 11.5 Å². The smallest absolute Gasteiger partial charge is 0.223 e. The van der Waals surface area contributed by atoms with E-state index in [0.717, 1.165) is 24.1 Å². The molecule has 1 unspecified atom stereocenters. The van der Waals surface area contributed by atoms with Crippen molar-refractivity contribution in [2.45, 2.75) is 12.5 Å². The Balaban J connectivity index is 2.40. The fourth-order valence-corrected chi connectivity index (χ4v) is 2.28. The molecule has 18 heavy (non-hydrogen) atoms. The first-order chi connectivity index (χ1) is 8.65. The molecular weight excluding hydrogens is 236 g/mol. The Kier molecular flexibility index (Phi) is 3.66. The summed E-state index contributed by atoms with van der Waals surface area (Å²) in [6.07, 6.45) is 0.837. The van der Waals surface area contributed by atoms with E-state index < -0.39 is 0 Å². The van der Waals surface area contributed by atoms with Crippen LogP contribution in [0.4, 0.5) is 0 Å². The molecule has 98 valence electrons. The first-order valence-electron chi connectivity index (χ1n) is 5.75. The van der Waals surface area contributed by atoms with Gasteiger partial charge in [0.15, 0.2) is 11.5 Å². The summed E-state index contributed by atoms with van der Waals surface area (Å²) in [6.45, 7) is 0.615. The van der Waals surface area contributed by atoms with Crippen molar-refractivity contribution in [3.05, 3.63) is 33.4 Å². The largest absolute Gasteiger partial charge is 0.493 e. The molecular formula is C12H16N2O4. The van der Waals surface area contributed by atoms with Crippen molar-refractivity contribution in [1.29, 1.82) is 0 Å². The molecule has 0 saturated carbocycles. The average molecular weight is 252 g/mol. The van der Waals surface area contributed by atoms with Gasteiger partial charge in [-0.25, -0.2) is 0 Å². The van der Waals surface area contributed by atoms with Crippen molar-refractivity contribution < 1.29 is 14.4 Å². The molecule has 0 bridgehead atoms. The number of hydrogen-bond donors (Lipinski definition) is 1. The van der Waals surface area contributed by atoms with Crippen LogP contribution in [0, 0.1) is 10.1 Å². The number of nitrogens with one attached hydrogen (secondary N) is 1. The van der Waals surface area contributed by atoms with Gasteiger partial charge < -0.3 is 14.8 Å². The highest BCUT2D eigenvalue weighted by molar-refractivity contribution is 5.49. The van der Waals surface area contributed by atoms with E-state index in [2.05, 4.69) is 5.32 Å². The quantitative estimate of drug-likeness (QED) is 0.643. The Morgan fingerprint density at radius 1 is 1.39 bits per heavy atom. The molecule has 1 aromatic carbocycles. The molecule has 0 amide bonds. The maximum atomic E-state index is 10.7. The zero-order valence-corrected chi connectivity index (χ0v) is 10.4. The summed E-state index contributed by atoms with van der Waals surface area (Å²) in [5, 5.41) is 13.8. The van der Waals surface area contributed by atoms with E-state index in [0.29, 0.717) is 11.5 Å². The number of hydrogen-bond acceptors (Lipinski definition) is 5. The van der Waals surface area contributed by atoms with Gasteiger partial charge in [0, 0.05) is 4.92 Å². The van der Waals surface area contributed by atoms with Gasteiger partial charge in [0.25, 0.3) is 0 Å². The van der Waals surface area contributed by atoms with Crippen molar-refractivity contribution in [3.63, 3.8) is 0 Å². The van der Waals surface area contributed by atoms with Crippen molar-refractivity contribution in [2.24, 2.45) is 0 Å². The third kappa shape index (κ3) is 2.38. The molecule has 6 nitrogen and oxygen atoms in total. The molecule has 0 aromatic heterocycles. The second kappa shape index (κ2) is 5.22. The van der Waals surface area contributed by atoms with Gasteiger partial charge in [-0.2, -0.15) is 0 Å². The number of nitrogens with zero attached hydrogens (tertiary/aromatic N) is 1. The SMILES string of the molecule is COc1cc2c(cc1OC)C(C[N+](=O)[O-])NCC2. The Bertz CT molecular complexity index is 462. The Labute approximate surface area is 105 Å². The second-order valence-electron chi connectivity index (χ2n) is 4.18. The molecule has 1 aromatic rings. The molecule has 1 heterocycles. The van der Waals surface area contributed by atoms with Crippen molar-refractivity contribution in [1.82, 2.24) is 5.32 Å². The standard InChI is InChI=1S/C12H16N2O4/c1-17-11-5-8-3-4-13-10(7-14(15)16)9(8)6-12(11)18-2/h5-6,10,13H,3-4,7H2,1-2H3. The normalized spacial score (nSPS) is 18.0. The molecule has 1 aliphatic rings. The van der Waals surface area contributed by atoms with Crippen LogP contribution in [0.5, 0.6) is 11.5 Å². The van der Waals surface area contributed by atoms with Gasteiger partial charge in [-0.1, -0.05) is 0 Å². The van der Waals surface area contributed by atoms with Gasteiger partial charge in [0.05, 0.1) is 20.3 Å². The number of rotatable bonds is 4. The topological polar surface area (TPSA) is 73.6 Å². The molecule has 0 aliphatic carbocycles. The van der Waals surface area contributed by atoms with Crippen LogP contribution in [0.3, 0.4) is 0 Å². The van der Waals surface area contributed by atoms with Gasteiger partial charge >= 0.3 is 0 Å². The molecule has 0 spiro atoms. The van der Waals surface area contributed by atoms with Crippen LogP contribution in [-0.2, 0) is 6.42 Å². The Morgan fingerprint density at radius 3 is 2.67 bits per heavy atom. The minimum atomic E-state index is -0.302. The molecule has 2 rings (SSSR count). The van der Waals surface area contributed by atoms with Crippen LogP contribution < -0.4 is 14.8 Å². The molecule has 6 heteroatoms. The molecule has 0 fully saturated rings. The number of benzene rings is 1. The van der Waals surface area contributed by atoms with Crippen LogP contribution in [-0.4, -0.2) is 32.2 Å². The zero-order chi connectivity index (χ0) is 13.1. The summed E-state index contributed by atoms with van der Waals surface area (Å²) in [7, 11) is 3.14. The van der Waals surface area contributed by atoms with Crippen LogP contribution in [0.2, 0.25) is 0 Å². The number of fused-ring (bicyclic) bond motifs is 1. The van der Waals surface area contributed by atoms with E-state index in [1.807, 2.05) is 12.1 Å². The van der Waals surface area contributed by atoms with Crippen LogP contribution in [0.1, 0.15) is 17.2 Å². The lowest BCUT2D eigenvalue weighted by molar-refractivity contribution is -0.484. The first-order valence-corrected chi connectivity index (χ1v) is 5.75. The second-order valence-corrected chi connectivity index (χ2v) is 4.18.